The highest BCUT2D eigenvalue weighted by molar-refractivity contribution is 7.93. The van der Waals surface area contributed by atoms with E-state index >= 15 is 0 Å². The fourth-order valence-corrected chi connectivity index (χ4v) is 5.27. The van der Waals surface area contributed by atoms with Crippen molar-refractivity contribution in [1.82, 2.24) is 5.32 Å². The molecular formula is C23H22N2O3S. The number of nitrogens with zero attached hydrogens (tertiary/aromatic N) is 1. The minimum Gasteiger partial charge on any atom is -0.352 e. The van der Waals surface area contributed by atoms with Gasteiger partial charge in [-0.25, -0.2) is 8.42 Å². The van der Waals surface area contributed by atoms with E-state index < -0.39 is 10.0 Å². The van der Waals surface area contributed by atoms with E-state index in [4.69, 9.17) is 0 Å². The van der Waals surface area contributed by atoms with Crippen molar-refractivity contribution in [3.05, 3.63) is 83.4 Å². The topological polar surface area (TPSA) is 66.5 Å². The molecule has 1 aliphatic rings. The van der Waals surface area contributed by atoms with Gasteiger partial charge in [-0.3, -0.25) is 9.10 Å². The van der Waals surface area contributed by atoms with Crippen LogP contribution in [0.5, 0.6) is 0 Å². The lowest BCUT2D eigenvalue weighted by atomic mass is 9.96. The minimum atomic E-state index is -3.60. The van der Waals surface area contributed by atoms with Crippen LogP contribution >= 0.6 is 0 Å². The summed E-state index contributed by atoms with van der Waals surface area (Å²) in [5, 5.41) is 2.96. The predicted molar refractivity (Wildman–Crippen MR) is 115 cm³/mol. The van der Waals surface area contributed by atoms with E-state index in [-0.39, 0.29) is 10.8 Å². The van der Waals surface area contributed by atoms with Crippen LogP contribution < -0.4 is 9.62 Å². The molecule has 0 bridgehead atoms. The Kier molecular flexibility index (Phi) is 4.88. The van der Waals surface area contributed by atoms with Crippen LogP contribution in [0.4, 0.5) is 5.69 Å². The van der Waals surface area contributed by atoms with Crippen LogP contribution in [0, 0.1) is 6.92 Å². The summed E-state index contributed by atoms with van der Waals surface area (Å²) < 4.78 is 27.0. The molecule has 1 amide bonds. The molecule has 6 heteroatoms. The lowest BCUT2D eigenvalue weighted by Gasteiger charge is -2.31. The fraction of sp³-hybridized carbons (Fsp3) is 0.174. The van der Waals surface area contributed by atoms with Crippen molar-refractivity contribution in [1.29, 1.82) is 0 Å². The van der Waals surface area contributed by atoms with Gasteiger partial charge in [-0.05, 0) is 42.7 Å². The lowest BCUT2D eigenvalue weighted by molar-refractivity contribution is 0.0954. The van der Waals surface area contributed by atoms with Crippen molar-refractivity contribution in [3.63, 3.8) is 0 Å². The Balaban J connectivity index is 1.66. The molecule has 0 atom stereocenters. The van der Waals surface area contributed by atoms with Gasteiger partial charge < -0.3 is 5.32 Å². The zero-order valence-corrected chi connectivity index (χ0v) is 17.2. The molecule has 0 aromatic heterocycles. The first-order valence-corrected chi connectivity index (χ1v) is 10.9. The van der Waals surface area contributed by atoms with Gasteiger partial charge in [0.2, 0.25) is 0 Å². The van der Waals surface area contributed by atoms with Crippen LogP contribution in [-0.4, -0.2) is 27.9 Å². The standard InChI is InChI=1S/C23H22N2O3S/c1-16-14-18(23(26)24-13-12-17-8-4-3-5-9-17)15-20-19-10-6-7-11-21(19)29(27,28)25(2)22(16)20/h3-11,14-15H,12-13H2,1-2H3,(H,24,26). The highest BCUT2D eigenvalue weighted by Gasteiger charge is 2.33. The van der Waals surface area contributed by atoms with Crippen LogP contribution in [0.2, 0.25) is 0 Å². The maximum absolute atomic E-state index is 12.9. The zero-order valence-electron chi connectivity index (χ0n) is 16.3. The maximum atomic E-state index is 12.9. The van der Waals surface area contributed by atoms with Gasteiger partial charge in [0.1, 0.15) is 0 Å². The molecule has 0 unspecified atom stereocenters. The molecule has 3 aromatic rings. The summed E-state index contributed by atoms with van der Waals surface area (Å²) in [6.45, 7) is 2.36. The van der Waals surface area contributed by atoms with Crippen LogP contribution in [0.15, 0.2) is 71.6 Å². The first kappa shape index (κ1) is 19.2. The smallest absolute Gasteiger partial charge is 0.264 e. The van der Waals surface area contributed by atoms with Crippen LogP contribution in [0.1, 0.15) is 21.5 Å². The summed E-state index contributed by atoms with van der Waals surface area (Å²) >= 11 is 0. The van der Waals surface area contributed by atoms with Crippen molar-refractivity contribution < 1.29 is 13.2 Å². The Bertz CT molecular complexity index is 1190. The number of carbonyl (C=O) groups is 1. The molecule has 0 fully saturated rings. The fourth-order valence-electron chi connectivity index (χ4n) is 3.78. The number of anilines is 1. The number of carbonyl (C=O) groups excluding carboxylic acids is 1. The molecule has 0 aliphatic carbocycles. The first-order valence-electron chi connectivity index (χ1n) is 9.44. The van der Waals surface area contributed by atoms with E-state index in [9.17, 15) is 13.2 Å². The largest absolute Gasteiger partial charge is 0.352 e. The van der Waals surface area contributed by atoms with Crippen molar-refractivity contribution in [2.75, 3.05) is 17.9 Å². The molecule has 1 heterocycles. The average Bonchev–Trinajstić information content (AvgIpc) is 2.72. The van der Waals surface area contributed by atoms with Gasteiger partial charge in [0, 0.05) is 30.3 Å². The van der Waals surface area contributed by atoms with Gasteiger partial charge in [-0.15, -0.1) is 0 Å². The van der Waals surface area contributed by atoms with Crippen LogP contribution in [0.3, 0.4) is 0 Å². The van der Waals surface area contributed by atoms with E-state index in [1.165, 1.54) is 4.31 Å². The van der Waals surface area contributed by atoms with Gasteiger partial charge >= 0.3 is 0 Å². The van der Waals surface area contributed by atoms with E-state index in [0.717, 1.165) is 23.1 Å². The summed E-state index contributed by atoms with van der Waals surface area (Å²) in [6.07, 6.45) is 0.750. The first-order chi connectivity index (χ1) is 13.9. The monoisotopic (exact) mass is 406 g/mol. The molecule has 29 heavy (non-hydrogen) atoms. The Morgan fingerprint density at radius 1 is 0.966 bits per heavy atom. The summed E-state index contributed by atoms with van der Waals surface area (Å²) in [4.78, 5) is 13.0. The molecule has 3 aromatic carbocycles. The third-order valence-corrected chi connectivity index (χ3v) is 7.05. The second-order valence-electron chi connectivity index (χ2n) is 7.15. The molecular weight excluding hydrogens is 384 g/mol. The van der Waals surface area contributed by atoms with E-state index in [1.807, 2.05) is 43.3 Å². The van der Waals surface area contributed by atoms with Crippen molar-refractivity contribution >= 4 is 21.6 Å². The van der Waals surface area contributed by atoms with Crippen LogP contribution in [-0.2, 0) is 16.4 Å². The molecule has 0 radical (unpaired) electrons. The number of aryl methyl sites for hydroxylation is 1. The van der Waals surface area contributed by atoms with E-state index in [2.05, 4.69) is 5.32 Å². The summed E-state index contributed by atoms with van der Waals surface area (Å²) in [6, 6.07) is 20.4. The lowest BCUT2D eigenvalue weighted by Crippen LogP contribution is -2.32. The van der Waals surface area contributed by atoms with Crippen LogP contribution in [0.25, 0.3) is 11.1 Å². The number of hydrogen-bond donors (Lipinski definition) is 1. The van der Waals surface area contributed by atoms with Gasteiger partial charge in [0.05, 0.1) is 10.6 Å². The van der Waals surface area contributed by atoms with E-state index in [0.29, 0.717) is 23.4 Å². The third kappa shape index (κ3) is 3.40. The Morgan fingerprint density at radius 3 is 2.41 bits per heavy atom. The van der Waals surface area contributed by atoms with Gasteiger partial charge in [-0.2, -0.15) is 0 Å². The molecule has 1 aliphatic heterocycles. The van der Waals surface area contributed by atoms with E-state index in [1.54, 1.807) is 37.4 Å². The second-order valence-corrected chi connectivity index (χ2v) is 9.09. The number of benzene rings is 3. The quantitative estimate of drug-likeness (QED) is 0.717. The average molecular weight is 407 g/mol. The normalized spacial score (nSPS) is 14.1. The Morgan fingerprint density at radius 2 is 1.66 bits per heavy atom. The third-order valence-electron chi connectivity index (χ3n) is 5.24. The Labute approximate surface area is 171 Å². The number of rotatable bonds is 4. The highest BCUT2D eigenvalue weighted by atomic mass is 32.2. The molecule has 0 saturated carbocycles. The predicted octanol–water partition coefficient (Wildman–Crippen LogP) is 3.77. The van der Waals surface area contributed by atoms with Crippen molar-refractivity contribution in [3.8, 4) is 11.1 Å². The second kappa shape index (κ2) is 7.37. The minimum absolute atomic E-state index is 0.166. The van der Waals surface area contributed by atoms with Gasteiger partial charge in [0.15, 0.2) is 0 Å². The summed E-state index contributed by atoms with van der Waals surface area (Å²) in [5.41, 5.74) is 4.43. The number of fused-ring (bicyclic) bond motifs is 3. The molecule has 5 nitrogen and oxygen atoms in total. The molecule has 1 N–H and O–H groups in total. The number of sulfonamides is 1. The van der Waals surface area contributed by atoms with Gasteiger partial charge in [-0.1, -0.05) is 48.5 Å². The Hall–Kier alpha value is -3.12. The van der Waals surface area contributed by atoms with Crippen molar-refractivity contribution in [2.24, 2.45) is 0 Å². The summed E-state index contributed by atoms with van der Waals surface area (Å²) in [5.74, 6) is -0.166. The summed E-state index contributed by atoms with van der Waals surface area (Å²) in [7, 11) is -2.05. The SMILES string of the molecule is Cc1cc(C(=O)NCCc2ccccc2)cc2c1N(C)S(=O)(=O)c1ccccc1-2. The number of nitrogens with one attached hydrogen (secondary N) is 1. The highest BCUT2D eigenvalue weighted by Crippen LogP contribution is 2.44. The van der Waals surface area contributed by atoms with Crippen molar-refractivity contribution in [2.45, 2.75) is 18.2 Å². The molecule has 148 valence electrons. The molecule has 0 saturated heterocycles. The maximum Gasteiger partial charge on any atom is 0.264 e. The molecule has 4 rings (SSSR count). The number of hydrogen-bond acceptors (Lipinski definition) is 3. The molecule has 0 spiro atoms. The zero-order chi connectivity index (χ0) is 20.6. The van der Waals surface area contributed by atoms with Gasteiger partial charge in [0.25, 0.3) is 15.9 Å². The number of amides is 1.